The molecule has 26 heavy (non-hydrogen) atoms. The van der Waals surface area contributed by atoms with Gasteiger partial charge in [0, 0.05) is 41.0 Å². The number of ether oxygens (including phenoxy) is 2. The molecule has 0 aromatic heterocycles. The number of carbonyl (C=O) groups excluding carboxylic acids is 3. The van der Waals surface area contributed by atoms with E-state index in [1.807, 2.05) is 6.07 Å². The number of rotatable bonds is 4. The van der Waals surface area contributed by atoms with Gasteiger partial charge in [-0.05, 0) is 35.9 Å². The van der Waals surface area contributed by atoms with Crippen molar-refractivity contribution in [1.82, 2.24) is 0 Å². The molecule has 4 rings (SSSR count). The van der Waals surface area contributed by atoms with E-state index >= 15 is 0 Å². The van der Waals surface area contributed by atoms with Crippen molar-refractivity contribution < 1.29 is 23.9 Å². The van der Waals surface area contributed by atoms with E-state index in [1.165, 1.54) is 0 Å². The number of ketones is 2. The van der Waals surface area contributed by atoms with Crippen molar-refractivity contribution in [3.8, 4) is 0 Å². The van der Waals surface area contributed by atoms with Gasteiger partial charge in [0.25, 0.3) is 6.47 Å². The third kappa shape index (κ3) is 2.78. The van der Waals surface area contributed by atoms with Crippen LogP contribution in [0, 0.1) is 0 Å². The fraction of sp³-hybridized carbons (Fsp3) is 0.250. The standard InChI is InChI=1S/C20H17NO5/c22-12-26-11-13-1-3-15-17(9-13)19(23)16-4-2-14(10-18(16)20(15)24)21-5-7-25-8-6-21/h1-4,9-10,12H,5-8,11H2. The lowest BCUT2D eigenvalue weighted by Crippen LogP contribution is -2.36. The van der Waals surface area contributed by atoms with Crippen LogP contribution in [0.25, 0.3) is 0 Å². The summed E-state index contributed by atoms with van der Waals surface area (Å²) in [4.78, 5) is 38.3. The highest BCUT2D eigenvalue weighted by molar-refractivity contribution is 6.28. The Morgan fingerprint density at radius 3 is 2.27 bits per heavy atom. The van der Waals surface area contributed by atoms with Gasteiger partial charge in [-0.1, -0.05) is 6.07 Å². The van der Waals surface area contributed by atoms with Gasteiger partial charge in [0.15, 0.2) is 11.6 Å². The van der Waals surface area contributed by atoms with Crippen LogP contribution in [0.3, 0.4) is 0 Å². The molecule has 6 heteroatoms. The summed E-state index contributed by atoms with van der Waals surface area (Å²) in [5.74, 6) is -0.344. The predicted molar refractivity (Wildman–Crippen MR) is 93.6 cm³/mol. The van der Waals surface area contributed by atoms with Crippen molar-refractivity contribution in [2.24, 2.45) is 0 Å². The quantitative estimate of drug-likeness (QED) is 0.669. The molecular formula is C20H17NO5. The van der Waals surface area contributed by atoms with Gasteiger partial charge in [0.2, 0.25) is 0 Å². The normalized spacial score (nSPS) is 16.1. The lowest BCUT2D eigenvalue weighted by Gasteiger charge is -2.30. The zero-order chi connectivity index (χ0) is 18.1. The highest BCUT2D eigenvalue weighted by Gasteiger charge is 2.30. The van der Waals surface area contributed by atoms with Crippen molar-refractivity contribution in [3.05, 3.63) is 64.2 Å². The van der Waals surface area contributed by atoms with Crippen LogP contribution in [0.4, 0.5) is 5.69 Å². The molecule has 1 aliphatic carbocycles. The average molecular weight is 351 g/mol. The number of anilines is 1. The Hall–Kier alpha value is -2.99. The van der Waals surface area contributed by atoms with Crippen molar-refractivity contribution >= 4 is 23.7 Å². The third-order valence-electron chi connectivity index (χ3n) is 4.76. The average Bonchev–Trinajstić information content (AvgIpc) is 2.70. The third-order valence-corrected chi connectivity index (χ3v) is 4.76. The Kier molecular flexibility index (Phi) is 4.26. The van der Waals surface area contributed by atoms with Crippen LogP contribution in [0.2, 0.25) is 0 Å². The van der Waals surface area contributed by atoms with Gasteiger partial charge >= 0.3 is 0 Å². The number of carbonyl (C=O) groups is 3. The smallest absolute Gasteiger partial charge is 0.293 e. The van der Waals surface area contributed by atoms with Crippen molar-refractivity contribution in [2.75, 3.05) is 31.2 Å². The maximum Gasteiger partial charge on any atom is 0.293 e. The van der Waals surface area contributed by atoms with Crippen LogP contribution >= 0.6 is 0 Å². The highest BCUT2D eigenvalue weighted by atomic mass is 16.5. The molecule has 0 N–H and O–H groups in total. The number of nitrogens with zero attached hydrogens (tertiary/aromatic N) is 1. The molecule has 0 radical (unpaired) electrons. The summed E-state index contributed by atoms with van der Waals surface area (Å²) in [7, 11) is 0. The number of fused-ring (bicyclic) bond motifs is 2. The highest BCUT2D eigenvalue weighted by Crippen LogP contribution is 2.31. The molecular weight excluding hydrogens is 334 g/mol. The van der Waals surface area contributed by atoms with E-state index in [0.717, 1.165) is 18.8 Å². The Balaban J connectivity index is 1.71. The molecule has 1 fully saturated rings. The molecule has 2 aromatic rings. The van der Waals surface area contributed by atoms with Crippen LogP contribution in [0.5, 0.6) is 0 Å². The lowest BCUT2D eigenvalue weighted by atomic mass is 9.83. The van der Waals surface area contributed by atoms with E-state index in [9.17, 15) is 14.4 Å². The first-order valence-electron chi connectivity index (χ1n) is 8.43. The number of hydrogen-bond donors (Lipinski definition) is 0. The Labute approximate surface area is 150 Å². The summed E-state index contributed by atoms with van der Waals surface area (Å²) in [6, 6.07) is 10.3. The Morgan fingerprint density at radius 2 is 1.58 bits per heavy atom. The van der Waals surface area contributed by atoms with Gasteiger partial charge in [-0.15, -0.1) is 0 Å². The topological polar surface area (TPSA) is 72.9 Å². The fourth-order valence-corrected chi connectivity index (χ4v) is 3.42. The first-order chi connectivity index (χ1) is 12.7. The van der Waals surface area contributed by atoms with Gasteiger partial charge in [0.05, 0.1) is 13.2 Å². The van der Waals surface area contributed by atoms with E-state index in [2.05, 4.69) is 4.90 Å². The van der Waals surface area contributed by atoms with E-state index in [0.29, 0.717) is 47.5 Å². The van der Waals surface area contributed by atoms with Gasteiger partial charge in [-0.3, -0.25) is 14.4 Å². The maximum absolute atomic E-state index is 12.9. The number of benzene rings is 2. The molecule has 0 atom stereocenters. The van der Waals surface area contributed by atoms with Gasteiger partial charge in [-0.25, -0.2) is 0 Å². The van der Waals surface area contributed by atoms with Gasteiger partial charge in [0.1, 0.15) is 6.61 Å². The molecule has 1 saturated heterocycles. The predicted octanol–water partition coefficient (Wildman–Crippen LogP) is 1.97. The van der Waals surface area contributed by atoms with Crippen LogP contribution < -0.4 is 4.90 Å². The second-order valence-corrected chi connectivity index (χ2v) is 6.27. The number of morpholine rings is 1. The Bertz CT molecular complexity index is 899. The molecule has 0 saturated carbocycles. The van der Waals surface area contributed by atoms with Gasteiger partial charge < -0.3 is 14.4 Å². The van der Waals surface area contributed by atoms with E-state index < -0.39 is 0 Å². The second kappa shape index (κ2) is 6.72. The summed E-state index contributed by atoms with van der Waals surface area (Å²) in [5, 5.41) is 0. The minimum atomic E-state index is -0.184. The molecule has 6 nitrogen and oxygen atoms in total. The second-order valence-electron chi connectivity index (χ2n) is 6.27. The molecule has 0 unspecified atom stereocenters. The molecule has 0 amide bonds. The fourth-order valence-electron chi connectivity index (χ4n) is 3.42. The molecule has 132 valence electrons. The summed E-state index contributed by atoms with van der Waals surface area (Å²) >= 11 is 0. The van der Waals surface area contributed by atoms with Gasteiger partial charge in [-0.2, -0.15) is 0 Å². The van der Waals surface area contributed by atoms with Crippen LogP contribution in [0.1, 0.15) is 37.4 Å². The summed E-state index contributed by atoms with van der Waals surface area (Å²) in [5.41, 5.74) is 3.18. The molecule has 2 aliphatic rings. The molecule has 0 spiro atoms. The summed E-state index contributed by atoms with van der Waals surface area (Å²) in [6.07, 6.45) is 0. The molecule has 2 aromatic carbocycles. The zero-order valence-electron chi connectivity index (χ0n) is 14.1. The largest absolute Gasteiger partial charge is 0.463 e. The SMILES string of the molecule is O=COCc1ccc2c(c1)C(=O)c1ccc(N3CCOCC3)cc1C2=O. The zero-order valence-corrected chi connectivity index (χ0v) is 14.1. The van der Waals surface area contributed by atoms with Crippen LogP contribution in [0.15, 0.2) is 36.4 Å². The monoisotopic (exact) mass is 351 g/mol. The molecule has 1 aliphatic heterocycles. The molecule has 0 bridgehead atoms. The summed E-state index contributed by atoms with van der Waals surface area (Å²) in [6.45, 7) is 3.25. The van der Waals surface area contributed by atoms with Crippen LogP contribution in [-0.2, 0) is 20.9 Å². The first-order valence-corrected chi connectivity index (χ1v) is 8.43. The van der Waals surface area contributed by atoms with Crippen molar-refractivity contribution in [2.45, 2.75) is 6.61 Å². The summed E-state index contributed by atoms with van der Waals surface area (Å²) < 4.78 is 10.1. The minimum Gasteiger partial charge on any atom is -0.463 e. The minimum absolute atomic E-state index is 0.0705. The van der Waals surface area contributed by atoms with Crippen molar-refractivity contribution in [3.63, 3.8) is 0 Å². The van der Waals surface area contributed by atoms with Crippen LogP contribution in [-0.4, -0.2) is 44.3 Å². The Morgan fingerprint density at radius 1 is 0.923 bits per heavy atom. The first kappa shape index (κ1) is 16.5. The number of hydrogen-bond acceptors (Lipinski definition) is 6. The van der Waals surface area contributed by atoms with E-state index in [1.54, 1.807) is 30.3 Å². The van der Waals surface area contributed by atoms with Crippen molar-refractivity contribution in [1.29, 1.82) is 0 Å². The van der Waals surface area contributed by atoms with E-state index in [-0.39, 0.29) is 18.2 Å². The van der Waals surface area contributed by atoms with E-state index in [4.69, 9.17) is 9.47 Å². The maximum atomic E-state index is 12.9. The lowest BCUT2D eigenvalue weighted by molar-refractivity contribution is -0.129. The molecule has 1 heterocycles.